The highest BCUT2D eigenvalue weighted by Gasteiger charge is 2.29. The zero-order valence-corrected chi connectivity index (χ0v) is 8.46. The van der Waals surface area contributed by atoms with E-state index in [-0.39, 0.29) is 0 Å². The lowest BCUT2D eigenvalue weighted by Crippen LogP contribution is -2.34. The van der Waals surface area contributed by atoms with E-state index in [1.807, 2.05) is 7.05 Å². The van der Waals surface area contributed by atoms with E-state index in [0.29, 0.717) is 0 Å². The summed E-state index contributed by atoms with van der Waals surface area (Å²) in [4.78, 5) is 2.61. The van der Waals surface area contributed by atoms with Gasteiger partial charge in [-0.15, -0.1) is 0 Å². The summed E-state index contributed by atoms with van der Waals surface area (Å²) in [5, 5.41) is 3.26. The molecule has 3 nitrogen and oxygen atoms in total. The number of ether oxygens (including phenoxy) is 1. The molecule has 2 fully saturated rings. The van der Waals surface area contributed by atoms with Crippen molar-refractivity contribution in [2.45, 2.75) is 18.9 Å². The maximum atomic E-state index is 5.41. The van der Waals surface area contributed by atoms with Crippen molar-refractivity contribution in [3.8, 4) is 0 Å². The van der Waals surface area contributed by atoms with Gasteiger partial charge in [-0.3, -0.25) is 4.90 Å². The molecule has 2 saturated heterocycles. The Morgan fingerprint density at radius 2 is 2.38 bits per heavy atom. The summed E-state index contributed by atoms with van der Waals surface area (Å²) in [6.45, 7) is 5.66. The zero-order valence-electron chi connectivity index (χ0n) is 8.46. The second-order valence-corrected chi connectivity index (χ2v) is 4.22. The van der Waals surface area contributed by atoms with Crippen molar-refractivity contribution in [1.29, 1.82) is 0 Å². The minimum atomic E-state index is 0.724. The molecule has 2 aliphatic heterocycles. The molecular weight excluding hydrogens is 164 g/mol. The second kappa shape index (κ2) is 4.40. The number of nitrogens with zero attached hydrogens (tertiary/aromatic N) is 1. The average molecular weight is 184 g/mol. The Morgan fingerprint density at radius 3 is 3.08 bits per heavy atom. The van der Waals surface area contributed by atoms with Crippen molar-refractivity contribution < 1.29 is 4.74 Å². The van der Waals surface area contributed by atoms with E-state index in [4.69, 9.17) is 4.74 Å². The lowest BCUT2D eigenvalue weighted by atomic mass is 10.1. The van der Waals surface area contributed by atoms with Gasteiger partial charge in [0.2, 0.25) is 0 Å². The Labute approximate surface area is 80.4 Å². The number of likely N-dealkylation sites (tertiary alicyclic amines) is 1. The third-order valence-electron chi connectivity index (χ3n) is 3.23. The molecule has 0 saturated carbocycles. The molecule has 0 aromatic carbocycles. The van der Waals surface area contributed by atoms with E-state index in [0.717, 1.165) is 25.2 Å². The molecule has 0 bridgehead atoms. The van der Waals surface area contributed by atoms with Gasteiger partial charge in [0, 0.05) is 19.2 Å². The highest BCUT2D eigenvalue weighted by Crippen LogP contribution is 2.21. The lowest BCUT2D eigenvalue weighted by molar-refractivity contribution is 0.156. The number of nitrogens with one attached hydrogen (secondary N) is 1. The monoisotopic (exact) mass is 184 g/mol. The molecule has 2 rings (SSSR count). The predicted octanol–water partition coefficient (Wildman–Crippen LogP) is 0.317. The molecule has 2 atom stereocenters. The van der Waals surface area contributed by atoms with E-state index >= 15 is 0 Å². The number of hydrogen-bond donors (Lipinski definition) is 1. The molecular formula is C10H20N2O. The van der Waals surface area contributed by atoms with Crippen molar-refractivity contribution >= 4 is 0 Å². The van der Waals surface area contributed by atoms with E-state index in [1.165, 1.54) is 32.5 Å². The quantitative estimate of drug-likeness (QED) is 0.683. The van der Waals surface area contributed by atoms with Crippen molar-refractivity contribution in [3.63, 3.8) is 0 Å². The van der Waals surface area contributed by atoms with Gasteiger partial charge in [-0.25, -0.2) is 0 Å². The third kappa shape index (κ3) is 2.22. The summed E-state index contributed by atoms with van der Waals surface area (Å²) in [6.07, 6.45) is 2.60. The summed E-state index contributed by atoms with van der Waals surface area (Å²) < 4.78 is 5.41. The van der Waals surface area contributed by atoms with Gasteiger partial charge in [-0.1, -0.05) is 0 Å². The Hall–Kier alpha value is -0.120. The van der Waals surface area contributed by atoms with Crippen LogP contribution in [0.1, 0.15) is 12.8 Å². The average Bonchev–Trinajstić information content (AvgIpc) is 2.70. The predicted molar refractivity (Wildman–Crippen MR) is 52.8 cm³/mol. The van der Waals surface area contributed by atoms with Gasteiger partial charge >= 0.3 is 0 Å². The lowest BCUT2D eigenvalue weighted by Gasteiger charge is -2.22. The smallest absolute Gasteiger partial charge is 0.0622 e. The second-order valence-electron chi connectivity index (χ2n) is 4.22. The Balaban J connectivity index is 1.76. The Bertz CT molecular complexity index is 157. The SMILES string of the molecule is CNCC1CCN(C2CCOC2)C1. The fraction of sp³-hybridized carbons (Fsp3) is 1.00. The fourth-order valence-corrected chi connectivity index (χ4v) is 2.46. The van der Waals surface area contributed by atoms with Crippen LogP contribution < -0.4 is 5.32 Å². The van der Waals surface area contributed by atoms with Gasteiger partial charge in [0.1, 0.15) is 0 Å². The molecule has 0 aliphatic carbocycles. The van der Waals surface area contributed by atoms with Crippen molar-refractivity contribution in [2.75, 3.05) is 39.9 Å². The van der Waals surface area contributed by atoms with Gasteiger partial charge in [-0.2, -0.15) is 0 Å². The largest absolute Gasteiger partial charge is 0.380 e. The van der Waals surface area contributed by atoms with Crippen LogP contribution in [0.2, 0.25) is 0 Å². The molecule has 76 valence electrons. The first-order valence-electron chi connectivity index (χ1n) is 5.36. The fourth-order valence-electron chi connectivity index (χ4n) is 2.46. The van der Waals surface area contributed by atoms with Gasteiger partial charge < -0.3 is 10.1 Å². The summed E-state index contributed by atoms with van der Waals surface area (Å²) in [5.74, 6) is 0.866. The van der Waals surface area contributed by atoms with Crippen LogP contribution >= 0.6 is 0 Å². The molecule has 0 amide bonds. The highest BCUT2D eigenvalue weighted by atomic mass is 16.5. The first kappa shape index (κ1) is 9.44. The first-order chi connectivity index (χ1) is 6.40. The van der Waals surface area contributed by atoms with Gasteiger partial charge in [0.15, 0.2) is 0 Å². The van der Waals surface area contributed by atoms with E-state index in [2.05, 4.69) is 10.2 Å². The van der Waals surface area contributed by atoms with Crippen LogP contribution in [0, 0.1) is 5.92 Å². The zero-order chi connectivity index (χ0) is 9.10. The minimum Gasteiger partial charge on any atom is -0.380 e. The van der Waals surface area contributed by atoms with Crippen LogP contribution in [0.4, 0.5) is 0 Å². The topological polar surface area (TPSA) is 24.5 Å². The minimum absolute atomic E-state index is 0.724. The van der Waals surface area contributed by atoms with Crippen molar-refractivity contribution in [1.82, 2.24) is 10.2 Å². The van der Waals surface area contributed by atoms with Crippen molar-refractivity contribution in [3.05, 3.63) is 0 Å². The van der Waals surface area contributed by atoms with Crippen LogP contribution in [-0.2, 0) is 4.74 Å². The molecule has 2 aliphatic rings. The van der Waals surface area contributed by atoms with E-state index in [9.17, 15) is 0 Å². The summed E-state index contributed by atoms with van der Waals surface area (Å²) in [6, 6.07) is 0.724. The summed E-state index contributed by atoms with van der Waals surface area (Å²) in [5.41, 5.74) is 0. The van der Waals surface area contributed by atoms with Gasteiger partial charge in [0.05, 0.1) is 6.61 Å². The number of rotatable bonds is 3. The van der Waals surface area contributed by atoms with Crippen LogP contribution in [-0.4, -0.2) is 50.8 Å². The maximum absolute atomic E-state index is 5.41. The highest BCUT2D eigenvalue weighted by molar-refractivity contribution is 4.83. The first-order valence-corrected chi connectivity index (χ1v) is 5.36. The summed E-state index contributed by atoms with van der Waals surface area (Å²) >= 11 is 0. The van der Waals surface area contributed by atoms with Crippen LogP contribution in [0.5, 0.6) is 0 Å². The molecule has 2 unspecified atom stereocenters. The molecule has 3 heteroatoms. The van der Waals surface area contributed by atoms with Gasteiger partial charge in [0.25, 0.3) is 0 Å². The number of hydrogen-bond acceptors (Lipinski definition) is 3. The molecule has 1 N–H and O–H groups in total. The molecule has 0 radical (unpaired) electrons. The van der Waals surface area contributed by atoms with Crippen LogP contribution in [0.25, 0.3) is 0 Å². The van der Waals surface area contributed by atoms with Crippen molar-refractivity contribution in [2.24, 2.45) is 5.92 Å². The van der Waals surface area contributed by atoms with E-state index in [1.54, 1.807) is 0 Å². The Morgan fingerprint density at radius 1 is 1.46 bits per heavy atom. The van der Waals surface area contributed by atoms with Crippen LogP contribution in [0.15, 0.2) is 0 Å². The maximum Gasteiger partial charge on any atom is 0.0622 e. The molecule has 0 aromatic rings. The molecule has 0 spiro atoms. The Kier molecular flexibility index (Phi) is 3.19. The van der Waals surface area contributed by atoms with Crippen LogP contribution in [0.3, 0.4) is 0 Å². The standard InChI is InChI=1S/C10H20N2O/c1-11-6-9-2-4-12(7-9)10-3-5-13-8-10/h9-11H,2-8H2,1H3. The molecule has 2 heterocycles. The summed E-state index contributed by atoms with van der Waals surface area (Å²) in [7, 11) is 2.04. The normalized spacial score (nSPS) is 35.8. The van der Waals surface area contributed by atoms with Gasteiger partial charge in [-0.05, 0) is 38.9 Å². The van der Waals surface area contributed by atoms with E-state index < -0.39 is 0 Å². The molecule has 13 heavy (non-hydrogen) atoms. The third-order valence-corrected chi connectivity index (χ3v) is 3.23. The molecule has 0 aromatic heterocycles.